The fraction of sp³-hybridized carbons (Fsp3) is 0.529. The zero-order valence-corrected chi connectivity index (χ0v) is 13.2. The van der Waals surface area contributed by atoms with Crippen LogP contribution in [0.5, 0.6) is 5.75 Å². The first-order chi connectivity index (χ1) is 11.2. The summed E-state index contributed by atoms with van der Waals surface area (Å²) >= 11 is 0. The van der Waals surface area contributed by atoms with Gasteiger partial charge >= 0.3 is 6.61 Å². The van der Waals surface area contributed by atoms with E-state index in [9.17, 15) is 8.78 Å². The molecule has 23 heavy (non-hydrogen) atoms. The summed E-state index contributed by atoms with van der Waals surface area (Å²) in [7, 11) is 1.67. The normalized spacial score (nSPS) is 19.0. The van der Waals surface area contributed by atoms with E-state index in [0.717, 1.165) is 43.7 Å². The van der Waals surface area contributed by atoms with Crippen molar-refractivity contribution in [2.24, 2.45) is 5.92 Å². The van der Waals surface area contributed by atoms with Crippen molar-refractivity contribution in [2.45, 2.75) is 19.5 Å². The van der Waals surface area contributed by atoms with Gasteiger partial charge in [-0.15, -0.1) is 0 Å². The second kappa shape index (κ2) is 7.27. The number of alkyl halides is 2. The number of likely N-dealkylation sites (tertiary alicyclic amines) is 1. The molecule has 1 N–H and O–H groups in total. The van der Waals surface area contributed by atoms with Gasteiger partial charge in [-0.25, -0.2) is 0 Å². The van der Waals surface area contributed by atoms with Crippen molar-refractivity contribution >= 4 is 10.9 Å². The lowest BCUT2D eigenvalue weighted by Crippen LogP contribution is -2.24. The molecule has 1 aromatic carbocycles. The maximum Gasteiger partial charge on any atom is 0.345 e. The highest BCUT2D eigenvalue weighted by Gasteiger charge is 2.23. The molecule has 1 aliphatic rings. The molecule has 4 nitrogen and oxygen atoms in total. The van der Waals surface area contributed by atoms with Crippen molar-refractivity contribution in [2.75, 3.05) is 33.4 Å². The number of ether oxygens (including phenoxy) is 2. The number of nitrogens with one attached hydrogen (secondary N) is 1. The van der Waals surface area contributed by atoms with Gasteiger partial charge in [0.25, 0.3) is 0 Å². The number of hydrogen-bond donors (Lipinski definition) is 1. The molecule has 0 spiro atoms. The Labute approximate surface area is 134 Å². The average Bonchev–Trinajstić information content (AvgIpc) is 3.17. The van der Waals surface area contributed by atoms with Crippen LogP contribution in [0.2, 0.25) is 0 Å². The number of halogens is 2. The van der Waals surface area contributed by atoms with E-state index in [1.165, 1.54) is 10.9 Å². The van der Waals surface area contributed by atoms with Crippen LogP contribution in [0.1, 0.15) is 12.0 Å². The largest absolute Gasteiger partial charge is 0.497 e. The lowest BCUT2D eigenvalue weighted by molar-refractivity contribution is -0.137. The summed E-state index contributed by atoms with van der Waals surface area (Å²) in [5.41, 5.74) is 2.36. The third kappa shape index (κ3) is 4.00. The number of fused-ring (bicyclic) bond motifs is 1. The van der Waals surface area contributed by atoms with Crippen molar-refractivity contribution < 1.29 is 18.3 Å². The zero-order chi connectivity index (χ0) is 16.2. The minimum absolute atomic E-state index is 0.151. The van der Waals surface area contributed by atoms with Gasteiger partial charge in [0.05, 0.1) is 13.7 Å². The number of nitrogens with zero attached hydrogens (tertiary/aromatic N) is 1. The molecule has 0 radical (unpaired) electrons. The van der Waals surface area contributed by atoms with Gasteiger partial charge in [0.1, 0.15) is 5.75 Å². The van der Waals surface area contributed by atoms with Crippen LogP contribution >= 0.6 is 0 Å². The van der Waals surface area contributed by atoms with Crippen LogP contribution in [-0.2, 0) is 11.2 Å². The lowest BCUT2D eigenvalue weighted by Gasteiger charge is -2.15. The monoisotopic (exact) mass is 324 g/mol. The number of aromatic amines is 1. The van der Waals surface area contributed by atoms with Gasteiger partial charge in [-0.05, 0) is 49.1 Å². The molecule has 0 unspecified atom stereocenters. The summed E-state index contributed by atoms with van der Waals surface area (Å²) in [6.45, 7) is 0.194. The molecule has 1 atom stereocenters. The Morgan fingerprint density at radius 2 is 2.26 bits per heavy atom. The second-order valence-corrected chi connectivity index (χ2v) is 6.02. The first-order valence-electron chi connectivity index (χ1n) is 7.92. The van der Waals surface area contributed by atoms with Crippen LogP contribution in [0.15, 0.2) is 24.4 Å². The molecule has 1 aromatic heterocycles. The number of H-pyrrole nitrogens is 1. The summed E-state index contributed by atoms with van der Waals surface area (Å²) in [6.07, 6.45) is 3.89. The SMILES string of the molecule is COc1ccc2[nH]cc(CCN3CC[C@@H](COC(F)F)C3)c2c1. The molecule has 2 aromatic rings. The quantitative estimate of drug-likeness (QED) is 0.849. The highest BCUT2D eigenvalue weighted by molar-refractivity contribution is 5.84. The molecule has 0 aliphatic carbocycles. The number of benzene rings is 1. The second-order valence-electron chi connectivity index (χ2n) is 6.02. The Kier molecular flexibility index (Phi) is 5.13. The number of aromatic nitrogens is 1. The summed E-state index contributed by atoms with van der Waals surface area (Å²) < 4.78 is 33.9. The summed E-state index contributed by atoms with van der Waals surface area (Å²) in [5.74, 6) is 1.07. The predicted octanol–water partition coefficient (Wildman–Crippen LogP) is 3.28. The molecular formula is C17H22F2N2O2. The molecule has 3 rings (SSSR count). The molecule has 0 saturated carbocycles. The van der Waals surface area contributed by atoms with Gasteiger partial charge in [0.15, 0.2) is 0 Å². The van der Waals surface area contributed by atoms with E-state index in [1.807, 2.05) is 24.4 Å². The predicted molar refractivity (Wildman–Crippen MR) is 85.1 cm³/mol. The van der Waals surface area contributed by atoms with Gasteiger partial charge in [-0.3, -0.25) is 0 Å². The van der Waals surface area contributed by atoms with E-state index in [1.54, 1.807) is 7.11 Å². The Morgan fingerprint density at radius 1 is 1.39 bits per heavy atom. The van der Waals surface area contributed by atoms with Gasteiger partial charge in [0.2, 0.25) is 0 Å². The van der Waals surface area contributed by atoms with Crippen LogP contribution < -0.4 is 4.74 Å². The van der Waals surface area contributed by atoms with Gasteiger partial charge in [-0.2, -0.15) is 8.78 Å². The summed E-state index contributed by atoms with van der Waals surface area (Å²) in [5, 5.41) is 1.18. The molecular weight excluding hydrogens is 302 g/mol. The zero-order valence-electron chi connectivity index (χ0n) is 13.2. The highest BCUT2D eigenvalue weighted by atomic mass is 19.3. The van der Waals surface area contributed by atoms with Crippen LogP contribution in [-0.4, -0.2) is 49.8 Å². The van der Waals surface area contributed by atoms with E-state index < -0.39 is 6.61 Å². The van der Waals surface area contributed by atoms with E-state index >= 15 is 0 Å². The molecule has 1 saturated heterocycles. The molecule has 6 heteroatoms. The number of rotatable bonds is 7. The third-order valence-electron chi connectivity index (χ3n) is 4.50. The van der Waals surface area contributed by atoms with Crippen molar-refractivity contribution in [3.05, 3.63) is 30.0 Å². The van der Waals surface area contributed by atoms with Crippen molar-refractivity contribution in [1.82, 2.24) is 9.88 Å². The smallest absolute Gasteiger partial charge is 0.345 e. The van der Waals surface area contributed by atoms with Crippen molar-refractivity contribution in [3.63, 3.8) is 0 Å². The van der Waals surface area contributed by atoms with E-state index in [4.69, 9.17) is 4.74 Å². The summed E-state index contributed by atoms with van der Waals surface area (Å²) in [4.78, 5) is 5.60. The first kappa shape index (κ1) is 16.2. The molecule has 126 valence electrons. The highest BCUT2D eigenvalue weighted by Crippen LogP contribution is 2.25. The maximum absolute atomic E-state index is 12.1. The Morgan fingerprint density at radius 3 is 3.04 bits per heavy atom. The lowest BCUT2D eigenvalue weighted by atomic mass is 10.1. The topological polar surface area (TPSA) is 37.5 Å². The fourth-order valence-corrected chi connectivity index (χ4v) is 3.23. The van der Waals surface area contributed by atoms with Crippen LogP contribution in [0, 0.1) is 5.92 Å². The molecule has 1 aliphatic heterocycles. The van der Waals surface area contributed by atoms with E-state index in [0.29, 0.717) is 0 Å². The standard InChI is InChI=1S/C17H22F2N2O2/c1-22-14-2-3-16-15(8-14)13(9-20-16)5-7-21-6-4-12(10-21)11-23-17(18)19/h2-3,8-9,12,17,20H,4-7,10-11H2,1H3/t12-/m1/s1. The average molecular weight is 324 g/mol. The Balaban J connectivity index is 1.55. The fourth-order valence-electron chi connectivity index (χ4n) is 3.23. The van der Waals surface area contributed by atoms with Gasteiger partial charge in [-0.1, -0.05) is 0 Å². The molecule has 0 amide bonds. The van der Waals surface area contributed by atoms with E-state index in [2.05, 4.69) is 14.6 Å². The minimum Gasteiger partial charge on any atom is -0.497 e. The molecule has 0 bridgehead atoms. The van der Waals surface area contributed by atoms with Gasteiger partial charge < -0.3 is 19.4 Å². The van der Waals surface area contributed by atoms with Gasteiger partial charge in [0, 0.05) is 30.2 Å². The van der Waals surface area contributed by atoms with Crippen molar-refractivity contribution in [3.8, 4) is 5.75 Å². The van der Waals surface area contributed by atoms with Crippen LogP contribution in [0.3, 0.4) is 0 Å². The van der Waals surface area contributed by atoms with Crippen LogP contribution in [0.25, 0.3) is 10.9 Å². The van der Waals surface area contributed by atoms with E-state index in [-0.39, 0.29) is 12.5 Å². The first-order valence-corrected chi connectivity index (χ1v) is 7.92. The third-order valence-corrected chi connectivity index (χ3v) is 4.50. The molecule has 2 heterocycles. The summed E-state index contributed by atoms with van der Waals surface area (Å²) in [6, 6.07) is 6.01. The van der Waals surface area contributed by atoms with Crippen LogP contribution in [0.4, 0.5) is 8.78 Å². The number of methoxy groups -OCH3 is 1. The Hall–Kier alpha value is -1.66. The van der Waals surface area contributed by atoms with Crippen molar-refractivity contribution in [1.29, 1.82) is 0 Å². The number of hydrogen-bond acceptors (Lipinski definition) is 3. The minimum atomic E-state index is -2.66. The molecule has 1 fully saturated rings. The maximum atomic E-state index is 12.1. The Bertz CT molecular complexity index is 645.